The van der Waals surface area contributed by atoms with Crippen molar-refractivity contribution in [2.75, 3.05) is 0 Å². The minimum absolute atomic E-state index is 0.675. The van der Waals surface area contributed by atoms with Crippen LogP contribution in [0.5, 0.6) is 0 Å². The van der Waals surface area contributed by atoms with Crippen LogP contribution in [0.3, 0.4) is 0 Å². The van der Waals surface area contributed by atoms with Gasteiger partial charge in [0, 0.05) is 22.7 Å². The molecule has 0 unspecified atom stereocenters. The Hall–Kier alpha value is -2.88. The predicted molar refractivity (Wildman–Crippen MR) is 109 cm³/mol. The normalized spacial score (nSPS) is 10.6. The van der Waals surface area contributed by atoms with Crippen LogP contribution in [0.4, 0.5) is 0 Å². The summed E-state index contributed by atoms with van der Waals surface area (Å²) in [6, 6.07) is 24.2. The predicted octanol–water partition coefficient (Wildman–Crippen LogP) is 5.08. The number of nitriles is 1. The fraction of sp³-hybridized carbons (Fsp3) is 0.0952. The summed E-state index contributed by atoms with van der Waals surface area (Å²) < 4.78 is 2.13. The van der Waals surface area contributed by atoms with Crippen LogP contribution < -0.4 is 0 Å². The first-order valence-electron chi connectivity index (χ1n) is 8.47. The van der Waals surface area contributed by atoms with Crippen LogP contribution in [0.25, 0.3) is 5.69 Å². The molecular formula is C21H16N4S2. The second kappa shape index (κ2) is 8.21. The van der Waals surface area contributed by atoms with E-state index in [2.05, 4.69) is 50.5 Å². The first-order chi connectivity index (χ1) is 13.3. The third-order valence-corrected chi connectivity index (χ3v) is 5.95. The fourth-order valence-corrected chi connectivity index (χ4v) is 4.37. The Bertz CT molecular complexity index is 1050. The van der Waals surface area contributed by atoms with Crippen molar-refractivity contribution in [2.45, 2.75) is 17.3 Å². The summed E-state index contributed by atoms with van der Waals surface area (Å²) in [6.45, 7) is 0. The molecule has 0 aliphatic heterocycles. The Morgan fingerprint density at radius 2 is 1.78 bits per heavy atom. The standard InChI is InChI=1S/C21H16N4S2/c22-14-16-8-10-17(11-9-16)15-27-21-24-23-20(13-19-7-4-12-26-19)25(21)18-5-2-1-3-6-18/h1-12H,13,15H2. The summed E-state index contributed by atoms with van der Waals surface area (Å²) in [7, 11) is 0. The van der Waals surface area contributed by atoms with E-state index in [-0.39, 0.29) is 0 Å². The first-order valence-corrected chi connectivity index (χ1v) is 10.3. The van der Waals surface area contributed by atoms with Crippen LogP contribution in [0.15, 0.2) is 77.3 Å². The molecule has 0 radical (unpaired) electrons. The molecule has 0 bridgehead atoms. The fourth-order valence-electron chi connectivity index (χ4n) is 2.74. The third-order valence-electron chi connectivity index (χ3n) is 4.08. The molecule has 4 rings (SSSR count). The van der Waals surface area contributed by atoms with Crippen molar-refractivity contribution < 1.29 is 0 Å². The highest BCUT2D eigenvalue weighted by Crippen LogP contribution is 2.27. The Morgan fingerprint density at radius 1 is 0.963 bits per heavy atom. The van der Waals surface area contributed by atoms with Crippen molar-refractivity contribution in [3.05, 3.63) is 93.9 Å². The van der Waals surface area contributed by atoms with E-state index in [0.717, 1.165) is 34.4 Å². The molecule has 2 aromatic heterocycles. The van der Waals surface area contributed by atoms with E-state index in [1.54, 1.807) is 23.1 Å². The van der Waals surface area contributed by atoms with Crippen LogP contribution >= 0.6 is 23.1 Å². The molecule has 0 N–H and O–H groups in total. The van der Waals surface area contributed by atoms with Gasteiger partial charge in [0.2, 0.25) is 0 Å². The van der Waals surface area contributed by atoms with Crippen molar-refractivity contribution in [2.24, 2.45) is 0 Å². The minimum atomic E-state index is 0.675. The highest BCUT2D eigenvalue weighted by atomic mass is 32.2. The maximum atomic E-state index is 8.93. The van der Waals surface area contributed by atoms with Crippen molar-refractivity contribution >= 4 is 23.1 Å². The summed E-state index contributed by atoms with van der Waals surface area (Å²) in [4.78, 5) is 1.27. The molecule has 0 aliphatic carbocycles. The summed E-state index contributed by atoms with van der Waals surface area (Å²) >= 11 is 3.38. The van der Waals surface area contributed by atoms with Gasteiger partial charge >= 0.3 is 0 Å². The molecule has 6 heteroatoms. The second-order valence-electron chi connectivity index (χ2n) is 5.92. The highest BCUT2D eigenvalue weighted by Gasteiger charge is 2.15. The van der Waals surface area contributed by atoms with Crippen LogP contribution in [-0.2, 0) is 12.2 Å². The number of rotatable bonds is 6. The lowest BCUT2D eigenvalue weighted by Crippen LogP contribution is -2.03. The molecule has 27 heavy (non-hydrogen) atoms. The summed E-state index contributed by atoms with van der Waals surface area (Å²) in [5.41, 5.74) is 2.90. The average molecular weight is 389 g/mol. The topological polar surface area (TPSA) is 54.5 Å². The van der Waals surface area contributed by atoms with Gasteiger partial charge < -0.3 is 0 Å². The monoisotopic (exact) mass is 388 g/mol. The summed E-state index contributed by atoms with van der Waals surface area (Å²) in [6.07, 6.45) is 0.761. The molecule has 0 aliphatic rings. The van der Waals surface area contributed by atoms with E-state index < -0.39 is 0 Å². The smallest absolute Gasteiger partial charge is 0.196 e. The quantitative estimate of drug-likeness (QED) is 0.432. The van der Waals surface area contributed by atoms with Gasteiger partial charge in [-0.15, -0.1) is 21.5 Å². The van der Waals surface area contributed by atoms with Crippen LogP contribution in [0, 0.1) is 11.3 Å². The molecular weight excluding hydrogens is 372 g/mol. The third kappa shape index (κ3) is 4.11. The highest BCUT2D eigenvalue weighted by molar-refractivity contribution is 7.98. The van der Waals surface area contributed by atoms with Crippen molar-refractivity contribution in [3.63, 3.8) is 0 Å². The Balaban J connectivity index is 1.61. The molecule has 0 atom stereocenters. The van der Waals surface area contributed by atoms with Gasteiger partial charge in [0.05, 0.1) is 11.6 Å². The number of hydrogen-bond acceptors (Lipinski definition) is 5. The van der Waals surface area contributed by atoms with Gasteiger partial charge in [-0.3, -0.25) is 4.57 Å². The van der Waals surface area contributed by atoms with E-state index in [9.17, 15) is 0 Å². The van der Waals surface area contributed by atoms with Crippen LogP contribution in [-0.4, -0.2) is 14.8 Å². The van der Waals surface area contributed by atoms with Crippen molar-refractivity contribution in [1.82, 2.24) is 14.8 Å². The Morgan fingerprint density at radius 3 is 2.48 bits per heavy atom. The first kappa shape index (κ1) is 17.5. The van der Waals surface area contributed by atoms with Gasteiger partial charge in [-0.25, -0.2) is 0 Å². The number of benzene rings is 2. The molecule has 2 heterocycles. The molecule has 0 saturated heterocycles. The molecule has 0 saturated carbocycles. The van der Waals surface area contributed by atoms with Gasteiger partial charge in [-0.1, -0.05) is 48.2 Å². The van der Waals surface area contributed by atoms with Crippen molar-refractivity contribution in [3.8, 4) is 11.8 Å². The van der Waals surface area contributed by atoms with Gasteiger partial charge in [0.25, 0.3) is 0 Å². The van der Waals surface area contributed by atoms with E-state index in [1.165, 1.54) is 4.88 Å². The maximum Gasteiger partial charge on any atom is 0.196 e. The van der Waals surface area contributed by atoms with E-state index in [0.29, 0.717) is 5.56 Å². The summed E-state index contributed by atoms with van der Waals surface area (Å²) in [5, 5.41) is 20.8. The second-order valence-corrected chi connectivity index (χ2v) is 7.90. The van der Waals surface area contributed by atoms with Gasteiger partial charge in [-0.05, 0) is 41.3 Å². The zero-order valence-electron chi connectivity index (χ0n) is 14.4. The molecule has 0 fully saturated rings. The van der Waals surface area contributed by atoms with Crippen molar-refractivity contribution in [1.29, 1.82) is 5.26 Å². The molecule has 4 aromatic rings. The molecule has 2 aromatic carbocycles. The minimum Gasteiger partial charge on any atom is -0.274 e. The van der Waals surface area contributed by atoms with Gasteiger partial charge in [-0.2, -0.15) is 5.26 Å². The molecule has 4 nitrogen and oxygen atoms in total. The van der Waals surface area contributed by atoms with Crippen LogP contribution in [0.1, 0.15) is 21.8 Å². The van der Waals surface area contributed by atoms with Gasteiger partial charge in [0.15, 0.2) is 5.16 Å². The maximum absolute atomic E-state index is 8.93. The number of para-hydroxylation sites is 1. The molecule has 0 spiro atoms. The summed E-state index contributed by atoms with van der Waals surface area (Å²) in [5.74, 6) is 1.71. The lowest BCUT2D eigenvalue weighted by atomic mass is 10.2. The molecule has 0 amide bonds. The lowest BCUT2D eigenvalue weighted by Gasteiger charge is -2.10. The lowest BCUT2D eigenvalue weighted by molar-refractivity contribution is 0.851. The van der Waals surface area contributed by atoms with E-state index in [4.69, 9.17) is 5.26 Å². The number of thioether (sulfide) groups is 1. The zero-order chi connectivity index (χ0) is 18.5. The number of hydrogen-bond donors (Lipinski definition) is 0. The van der Waals surface area contributed by atoms with Crippen LogP contribution in [0.2, 0.25) is 0 Å². The molecule has 132 valence electrons. The number of aromatic nitrogens is 3. The zero-order valence-corrected chi connectivity index (χ0v) is 16.1. The largest absolute Gasteiger partial charge is 0.274 e. The van der Waals surface area contributed by atoms with E-state index in [1.807, 2.05) is 42.5 Å². The SMILES string of the molecule is N#Cc1ccc(CSc2nnc(Cc3cccs3)n2-c2ccccc2)cc1. The van der Waals surface area contributed by atoms with E-state index >= 15 is 0 Å². The Labute approximate surface area is 166 Å². The van der Waals surface area contributed by atoms with Gasteiger partial charge in [0.1, 0.15) is 5.82 Å². The average Bonchev–Trinajstić information content (AvgIpc) is 3.38. The Kier molecular flexibility index (Phi) is 5.33. The number of thiophene rings is 1. The number of nitrogens with zero attached hydrogens (tertiary/aromatic N) is 4.